The smallest absolute Gasteiger partial charge is 0.123 e. The first kappa shape index (κ1) is 11.4. The van der Waals surface area contributed by atoms with Gasteiger partial charge in [-0.05, 0) is 31.1 Å². The summed E-state index contributed by atoms with van der Waals surface area (Å²) in [6.07, 6.45) is 6.11. The first-order valence-corrected chi connectivity index (χ1v) is 5.58. The molecule has 1 saturated carbocycles. The van der Waals surface area contributed by atoms with E-state index in [0.717, 1.165) is 38.3 Å². The van der Waals surface area contributed by atoms with Gasteiger partial charge in [0.25, 0.3) is 0 Å². The maximum Gasteiger partial charge on any atom is 0.123 e. The van der Waals surface area contributed by atoms with Crippen molar-refractivity contribution in [1.82, 2.24) is 0 Å². The lowest BCUT2D eigenvalue weighted by molar-refractivity contribution is -0.116. The van der Waals surface area contributed by atoms with Gasteiger partial charge in [0.05, 0.1) is 0 Å². The van der Waals surface area contributed by atoms with E-state index in [1.807, 2.05) is 0 Å². The van der Waals surface area contributed by atoms with Gasteiger partial charge >= 0.3 is 0 Å². The van der Waals surface area contributed by atoms with Crippen LogP contribution in [0.2, 0.25) is 0 Å². The summed E-state index contributed by atoms with van der Waals surface area (Å²) in [4.78, 5) is 21.7. The van der Waals surface area contributed by atoms with Crippen LogP contribution in [0.3, 0.4) is 0 Å². The highest BCUT2D eigenvalue weighted by Gasteiger charge is 2.25. The van der Waals surface area contributed by atoms with Gasteiger partial charge in [-0.25, -0.2) is 0 Å². The molecule has 1 rings (SSSR count). The molecule has 0 saturated heterocycles. The molecule has 0 aromatic carbocycles. The highest BCUT2D eigenvalue weighted by Crippen LogP contribution is 2.31. The number of rotatable bonds is 2. The minimum absolute atomic E-state index is 0.167. The highest BCUT2D eigenvalue weighted by molar-refractivity contribution is 5.56. The fourth-order valence-electron chi connectivity index (χ4n) is 2.46. The second kappa shape index (κ2) is 5.28. The minimum atomic E-state index is 0.167. The Morgan fingerprint density at radius 1 is 1.00 bits per heavy atom. The standard InChI is InChI=1S/C12H20O2/c1-9-3-4-12(8-14)10(2)6-11(5-9)7-13/h7-12H,3-6H2,1-2H3. The topological polar surface area (TPSA) is 34.1 Å². The summed E-state index contributed by atoms with van der Waals surface area (Å²) in [5.41, 5.74) is 0. The van der Waals surface area contributed by atoms with Crippen molar-refractivity contribution in [3.8, 4) is 0 Å². The van der Waals surface area contributed by atoms with E-state index >= 15 is 0 Å². The quantitative estimate of drug-likeness (QED) is 0.636. The fourth-order valence-corrected chi connectivity index (χ4v) is 2.46. The molecule has 4 unspecified atom stereocenters. The molecule has 0 heterocycles. The molecule has 0 spiro atoms. The molecule has 80 valence electrons. The van der Waals surface area contributed by atoms with Crippen molar-refractivity contribution >= 4 is 12.6 Å². The monoisotopic (exact) mass is 196 g/mol. The van der Waals surface area contributed by atoms with E-state index in [2.05, 4.69) is 13.8 Å². The zero-order valence-electron chi connectivity index (χ0n) is 9.11. The van der Waals surface area contributed by atoms with E-state index in [4.69, 9.17) is 0 Å². The lowest BCUT2D eigenvalue weighted by atomic mass is 9.76. The van der Waals surface area contributed by atoms with Crippen LogP contribution in [0.4, 0.5) is 0 Å². The van der Waals surface area contributed by atoms with Crippen molar-refractivity contribution in [1.29, 1.82) is 0 Å². The Hall–Kier alpha value is -0.660. The van der Waals surface area contributed by atoms with E-state index in [-0.39, 0.29) is 11.8 Å². The second-order valence-corrected chi connectivity index (χ2v) is 4.83. The summed E-state index contributed by atoms with van der Waals surface area (Å²) < 4.78 is 0. The lowest BCUT2D eigenvalue weighted by Gasteiger charge is -2.27. The molecule has 0 aromatic rings. The third kappa shape index (κ3) is 2.93. The average molecular weight is 196 g/mol. The highest BCUT2D eigenvalue weighted by atomic mass is 16.1. The number of hydrogen-bond acceptors (Lipinski definition) is 2. The van der Waals surface area contributed by atoms with Gasteiger partial charge in [-0.3, -0.25) is 0 Å². The Morgan fingerprint density at radius 2 is 1.71 bits per heavy atom. The van der Waals surface area contributed by atoms with Gasteiger partial charge in [-0.15, -0.1) is 0 Å². The summed E-state index contributed by atoms with van der Waals surface area (Å²) in [7, 11) is 0. The predicted molar refractivity (Wildman–Crippen MR) is 55.9 cm³/mol. The molecule has 0 aromatic heterocycles. The van der Waals surface area contributed by atoms with Gasteiger partial charge in [-0.1, -0.05) is 20.3 Å². The zero-order chi connectivity index (χ0) is 10.6. The number of hydrogen-bond donors (Lipinski definition) is 0. The van der Waals surface area contributed by atoms with E-state index < -0.39 is 0 Å². The lowest BCUT2D eigenvalue weighted by Crippen LogP contribution is -2.23. The van der Waals surface area contributed by atoms with Crippen LogP contribution >= 0.6 is 0 Å². The van der Waals surface area contributed by atoms with Gasteiger partial charge in [0.2, 0.25) is 0 Å². The SMILES string of the molecule is CC1CCC(C=O)C(C)CC(C=O)C1. The summed E-state index contributed by atoms with van der Waals surface area (Å²) in [6.45, 7) is 4.26. The van der Waals surface area contributed by atoms with Gasteiger partial charge in [-0.2, -0.15) is 0 Å². The summed E-state index contributed by atoms with van der Waals surface area (Å²) in [5, 5.41) is 0. The first-order valence-electron chi connectivity index (χ1n) is 5.58. The fraction of sp³-hybridized carbons (Fsp3) is 0.833. The molecule has 4 atom stereocenters. The molecular weight excluding hydrogens is 176 g/mol. The maximum atomic E-state index is 10.8. The van der Waals surface area contributed by atoms with Crippen molar-refractivity contribution in [3.63, 3.8) is 0 Å². The van der Waals surface area contributed by atoms with E-state index in [1.165, 1.54) is 0 Å². The van der Waals surface area contributed by atoms with Crippen molar-refractivity contribution in [2.75, 3.05) is 0 Å². The average Bonchev–Trinajstić information content (AvgIpc) is 2.15. The molecular formula is C12H20O2. The second-order valence-electron chi connectivity index (χ2n) is 4.83. The van der Waals surface area contributed by atoms with E-state index in [0.29, 0.717) is 11.8 Å². The van der Waals surface area contributed by atoms with E-state index in [1.54, 1.807) is 0 Å². The Labute approximate surface area is 86.1 Å². The normalized spacial score (nSPS) is 39.6. The zero-order valence-corrected chi connectivity index (χ0v) is 9.11. The number of carbonyl (C=O) groups is 2. The molecule has 0 radical (unpaired) electrons. The summed E-state index contributed by atoms with van der Waals surface area (Å²) in [6, 6.07) is 0. The number of carbonyl (C=O) groups excluding carboxylic acids is 2. The first-order chi connectivity index (χ1) is 6.67. The van der Waals surface area contributed by atoms with Gasteiger partial charge in [0, 0.05) is 11.8 Å². The minimum Gasteiger partial charge on any atom is -0.303 e. The molecule has 1 fully saturated rings. The molecule has 2 heteroatoms. The maximum absolute atomic E-state index is 10.8. The third-order valence-electron chi connectivity index (χ3n) is 3.47. The van der Waals surface area contributed by atoms with Gasteiger partial charge in [0.15, 0.2) is 0 Å². The molecule has 0 N–H and O–H groups in total. The third-order valence-corrected chi connectivity index (χ3v) is 3.47. The largest absolute Gasteiger partial charge is 0.303 e. The van der Waals surface area contributed by atoms with Crippen molar-refractivity contribution in [2.24, 2.45) is 23.7 Å². The molecule has 0 amide bonds. The Bertz CT molecular complexity index is 200. The molecule has 2 nitrogen and oxygen atoms in total. The van der Waals surface area contributed by atoms with Crippen molar-refractivity contribution < 1.29 is 9.59 Å². The Morgan fingerprint density at radius 3 is 2.29 bits per heavy atom. The van der Waals surface area contributed by atoms with Gasteiger partial charge < -0.3 is 9.59 Å². The molecule has 1 aliphatic rings. The van der Waals surface area contributed by atoms with Crippen LogP contribution in [0, 0.1) is 23.7 Å². The van der Waals surface area contributed by atoms with Crippen LogP contribution in [0.15, 0.2) is 0 Å². The van der Waals surface area contributed by atoms with Crippen LogP contribution in [0.25, 0.3) is 0 Å². The van der Waals surface area contributed by atoms with E-state index in [9.17, 15) is 9.59 Å². The molecule has 14 heavy (non-hydrogen) atoms. The van der Waals surface area contributed by atoms with Crippen molar-refractivity contribution in [2.45, 2.75) is 39.5 Å². The summed E-state index contributed by atoms with van der Waals surface area (Å²) >= 11 is 0. The number of aldehydes is 2. The van der Waals surface area contributed by atoms with Crippen LogP contribution in [-0.4, -0.2) is 12.6 Å². The molecule has 1 aliphatic carbocycles. The van der Waals surface area contributed by atoms with Crippen LogP contribution in [0.5, 0.6) is 0 Å². The van der Waals surface area contributed by atoms with Crippen LogP contribution < -0.4 is 0 Å². The van der Waals surface area contributed by atoms with Crippen LogP contribution in [-0.2, 0) is 9.59 Å². The Kier molecular flexibility index (Phi) is 4.30. The summed E-state index contributed by atoms with van der Waals surface area (Å²) in [5.74, 6) is 1.29. The van der Waals surface area contributed by atoms with Crippen molar-refractivity contribution in [3.05, 3.63) is 0 Å². The van der Waals surface area contributed by atoms with Gasteiger partial charge in [0.1, 0.15) is 12.6 Å². The molecule has 0 bridgehead atoms. The predicted octanol–water partition coefficient (Wildman–Crippen LogP) is 2.46. The van der Waals surface area contributed by atoms with Crippen LogP contribution in [0.1, 0.15) is 39.5 Å². The molecule has 0 aliphatic heterocycles. The Balaban J connectivity index is 2.63.